The van der Waals surface area contributed by atoms with E-state index in [2.05, 4.69) is 89.2 Å². The number of nitrogens with one attached hydrogen (secondary N) is 1. The monoisotopic (exact) mass is 595 g/mol. The van der Waals surface area contributed by atoms with Gasteiger partial charge >= 0.3 is 0 Å². The number of nitrogens with zero attached hydrogens (tertiary/aromatic N) is 6. The Kier molecular flexibility index (Phi) is 10.8. The number of halogens is 1. The molecule has 43 heavy (non-hydrogen) atoms. The standard InChI is InChI=1S/C18H21N3.C17H20N4.ClH/c1-13-9-16-17(10-14(13)2)20-12-15(11-19)18(16)21-7-5-3-4-6-8-21;1-12-8-15-16(9-13(12)2)20-11-14(10-18)17(15)21-6-3-4-19-5-7-21;/h9-10,12H,3-8H2,1-2H3;8-9,11,19H,3-7H2,1-2H3;1H. The molecule has 4 aromatic rings. The van der Waals surface area contributed by atoms with Gasteiger partial charge in [0.05, 0.1) is 33.5 Å². The van der Waals surface area contributed by atoms with Crippen LogP contribution in [0.15, 0.2) is 36.7 Å². The van der Waals surface area contributed by atoms with Gasteiger partial charge in [0.15, 0.2) is 0 Å². The van der Waals surface area contributed by atoms with Crippen LogP contribution in [0.3, 0.4) is 0 Å². The van der Waals surface area contributed by atoms with Crippen LogP contribution in [0.4, 0.5) is 11.4 Å². The van der Waals surface area contributed by atoms with E-state index >= 15 is 0 Å². The molecule has 0 saturated carbocycles. The van der Waals surface area contributed by atoms with E-state index in [-0.39, 0.29) is 12.4 Å². The van der Waals surface area contributed by atoms with Crippen LogP contribution in [0, 0.1) is 50.4 Å². The molecule has 0 unspecified atom stereocenters. The zero-order valence-corrected chi connectivity index (χ0v) is 26.7. The van der Waals surface area contributed by atoms with Crippen molar-refractivity contribution < 1.29 is 0 Å². The highest BCUT2D eigenvalue weighted by molar-refractivity contribution is 5.96. The minimum atomic E-state index is 0. The fourth-order valence-corrected chi connectivity index (χ4v) is 6.08. The van der Waals surface area contributed by atoms with Crippen molar-refractivity contribution in [2.45, 2.75) is 59.8 Å². The minimum absolute atomic E-state index is 0. The maximum Gasteiger partial charge on any atom is 0.103 e. The number of hydrogen-bond donors (Lipinski definition) is 1. The maximum atomic E-state index is 9.49. The van der Waals surface area contributed by atoms with E-state index in [0.717, 1.165) is 78.9 Å². The van der Waals surface area contributed by atoms with Crippen molar-refractivity contribution in [1.82, 2.24) is 15.3 Å². The zero-order valence-electron chi connectivity index (χ0n) is 25.8. The fourth-order valence-electron chi connectivity index (χ4n) is 6.08. The molecule has 2 aromatic heterocycles. The van der Waals surface area contributed by atoms with Gasteiger partial charge in [-0.1, -0.05) is 12.8 Å². The summed E-state index contributed by atoms with van der Waals surface area (Å²) in [5, 5.41) is 24.6. The van der Waals surface area contributed by atoms with E-state index in [1.54, 1.807) is 12.4 Å². The Morgan fingerprint density at radius 2 is 1.05 bits per heavy atom. The Morgan fingerprint density at radius 3 is 1.53 bits per heavy atom. The number of nitriles is 2. The summed E-state index contributed by atoms with van der Waals surface area (Å²) in [5.41, 5.74) is 10.5. The third-order valence-corrected chi connectivity index (χ3v) is 8.73. The Labute approximate surface area is 261 Å². The molecule has 0 aliphatic carbocycles. The first-order valence-electron chi connectivity index (χ1n) is 15.2. The average molecular weight is 596 g/mol. The van der Waals surface area contributed by atoms with Crippen LogP contribution in [-0.4, -0.2) is 49.2 Å². The van der Waals surface area contributed by atoms with Crippen molar-refractivity contribution in [2.24, 2.45) is 0 Å². The molecule has 0 radical (unpaired) electrons. The fraction of sp³-hybridized carbons (Fsp3) is 0.429. The number of aromatic nitrogens is 2. The summed E-state index contributed by atoms with van der Waals surface area (Å²) in [6, 6.07) is 13.3. The molecule has 2 saturated heterocycles. The van der Waals surface area contributed by atoms with Crippen molar-refractivity contribution in [2.75, 3.05) is 49.1 Å². The first-order chi connectivity index (χ1) is 20.4. The van der Waals surface area contributed by atoms with E-state index in [0.29, 0.717) is 11.1 Å². The average Bonchev–Trinajstić information content (AvgIpc) is 3.43. The van der Waals surface area contributed by atoms with E-state index < -0.39 is 0 Å². The third kappa shape index (κ3) is 7.02. The number of benzene rings is 2. The van der Waals surface area contributed by atoms with Gasteiger partial charge in [0, 0.05) is 55.9 Å². The molecule has 0 amide bonds. The summed E-state index contributed by atoms with van der Waals surface area (Å²) < 4.78 is 0. The molecule has 2 aromatic carbocycles. The molecular weight excluding hydrogens is 554 g/mol. The number of aryl methyl sites for hydroxylation is 4. The lowest BCUT2D eigenvalue weighted by Crippen LogP contribution is -2.28. The van der Waals surface area contributed by atoms with Gasteiger partial charge in [0.2, 0.25) is 0 Å². The molecule has 0 spiro atoms. The predicted octanol–water partition coefficient (Wildman–Crippen LogP) is 7.05. The highest BCUT2D eigenvalue weighted by Crippen LogP contribution is 2.33. The van der Waals surface area contributed by atoms with Gasteiger partial charge in [0.1, 0.15) is 12.1 Å². The molecule has 2 aliphatic heterocycles. The van der Waals surface area contributed by atoms with Gasteiger partial charge < -0.3 is 15.1 Å². The first-order valence-corrected chi connectivity index (χ1v) is 15.2. The van der Waals surface area contributed by atoms with Crippen LogP contribution in [-0.2, 0) is 0 Å². The SMILES string of the molecule is Cc1cc2ncc(C#N)c(N3CCCCCC3)c2cc1C.Cc1cc2ncc(C#N)c(N3CCCNCC3)c2cc1C.Cl. The molecule has 0 bridgehead atoms. The molecule has 6 rings (SSSR count). The first kappa shape index (κ1) is 32.0. The van der Waals surface area contributed by atoms with Crippen LogP contribution >= 0.6 is 12.4 Å². The lowest BCUT2D eigenvalue weighted by atomic mass is 10.0. The van der Waals surface area contributed by atoms with Gasteiger partial charge in [-0.3, -0.25) is 9.97 Å². The largest absolute Gasteiger partial charge is 0.370 e. The Balaban J connectivity index is 0.000000192. The predicted molar refractivity (Wildman–Crippen MR) is 179 cm³/mol. The summed E-state index contributed by atoms with van der Waals surface area (Å²) in [7, 11) is 0. The smallest absolute Gasteiger partial charge is 0.103 e. The van der Waals surface area contributed by atoms with Gasteiger partial charge in [-0.15, -0.1) is 12.4 Å². The Hall–Kier alpha value is -3.91. The zero-order chi connectivity index (χ0) is 29.6. The van der Waals surface area contributed by atoms with Crippen LogP contribution in [0.25, 0.3) is 21.8 Å². The molecule has 2 fully saturated rings. The second-order valence-electron chi connectivity index (χ2n) is 11.7. The van der Waals surface area contributed by atoms with Crippen molar-refractivity contribution in [3.8, 4) is 12.1 Å². The number of pyridine rings is 2. The van der Waals surface area contributed by atoms with Crippen LogP contribution in [0.1, 0.15) is 65.5 Å². The second kappa shape index (κ2) is 14.5. The topological polar surface area (TPSA) is 91.9 Å². The third-order valence-electron chi connectivity index (χ3n) is 8.73. The molecule has 8 heteroatoms. The summed E-state index contributed by atoms with van der Waals surface area (Å²) in [6.45, 7) is 14.4. The molecule has 0 atom stereocenters. The molecule has 1 N–H and O–H groups in total. The number of hydrogen-bond acceptors (Lipinski definition) is 7. The highest BCUT2D eigenvalue weighted by atomic mass is 35.5. The summed E-state index contributed by atoms with van der Waals surface area (Å²) in [6.07, 6.45) is 9.54. The lowest BCUT2D eigenvalue weighted by Gasteiger charge is -2.25. The quantitative estimate of drug-likeness (QED) is 0.265. The van der Waals surface area contributed by atoms with Crippen LogP contribution in [0.2, 0.25) is 0 Å². The lowest BCUT2D eigenvalue weighted by molar-refractivity contribution is 0.724. The second-order valence-corrected chi connectivity index (χ2v) is 11.7. The highest BCUT2D eigenvalue weighted by Gasteiger charge is 2.19. The maximum absolute atomic E-state index is 9.49. The van der Waals surface area contributed by atoms with Gasteiger partial charge in [-0.25, -0.2) is 0 Å². The Bertz CT molecular complexity index is 1540. The van der Waals surface area contributed by atoms with Crippen molar-refractivity contribution >= 4 is 45.6 Å². The number of fused-ring (bicyclic) bond motifs is 2. The van der Waals surface area contributed by atoms with Crippen molar-refractivity contribution in [3.63, 3.8) is 0 Å². The van der Waals surface area contributed by atoms with E-state index in [1.165, 1.54) is 47.9 Å². The van der Waals surface area contributed by atoms with Crippen molar-refractivity contribution in [1.29, 1.82) is 10.5 Å². The normalized spacial score (nSPS) is 15.4. The van der Waals surface area contributed by atoms with Crippen molar-refractivity contribution in [3.05, 3.63) is 70.0 Å². The summed E-state index contributed by atoms with van der Waals surface area (Å²) >= 11 is 0. The summed E-state index contributed by atoms with van der Waals surface area (Å²) in [4.78, 5) is 13.7. The van der Waals surface area contributed by atoms with Gasteiger partial charge in [-0.2, -0.15) is 10.5 Å². The molecule has 224 valence electrons. The van der Waals surface area contributed by atoms with E-state index in [1.807, 2.05) is 0 Å². The number of rotatable bonds is 2. The molecule has 4 heterocycles. The molecule has 7 nitrogen and oxygen atoms in total. The van der Waals surface area contributed by atoms with E-state index in [9.17, 15) is 10.5 Å². The number of anilines is 2. The minimum Gasteiger partial charge on any atom is -0.370 e. The molecule has 2 aliphatic rings. The van der Waals surface area contributed by atoms with Gasteiger partial charge in [0.25, 0.3) is 0 Å². The summed E-state index contributed by atoms with van der Waals surface area (Å²) in [5.74, 6) is 0. The van der Waals surface area contributed by atoms with Crippen LogP contribution in [0.5, 0.6) is 0 Å². The Morgan fingerprint density at radius 1 is 0.605 bits per heavy atom. The molecular formula is C35H42ClN7. The van der Waals surface area contributed by atoms with Crippen LogP contribution < -0.4 is 15.1 Å². The van der Waals surface area contributed by atoms with E-state index in [4.69, 9.17) is 0 Å². The van der Waals surface area contributed by atoms with Gasteiger partial charge in [-0.05, 0) is 100 Å².